The summed E-state index contributed by atoms with van der Waals surface area (Å²) in [5, 5.41) is 0. The Kier molecular flexibility index (Phi) is 50.4. The van der Waals surface area contributed by atoms with E-state index >= 15 is 0 Å². The van der Waals surface area contributed by atoms with E-state index in [9.17, 15) is 14.4 Å². The average molecular weight is 905 g/mol. The first-order valence-electron chi connectivity index (χ1n) is 27.1. The summed E-state index contributed by atoms with van der Waals surface area (Å²) in [4.78, 5) is 38.0. The molecular formula is C59H100O6. The molecule has 0 heterocycles. The van der Waals surface area contributed by atoms with Crippen molar-refractivity contribution in [3.05, 3.63) is 85.1 Å². The van der Waals surface area contributed by atoms with Crippen LogP contribution in [0.4, 0.5) is 0 Å². The highest BCUT2D eigenvalue weighted by Crippen LogP contribution is 2.15. The second-order valence-electron chi connectivity index (χ2n) is 17.8. The minimum absolute atomic E-state index is 0.107. The molecule has 0 radical (unpaired) electrons. The molecule has 0 spiro atoms. The lowest BCUT2D eigenvalue weighted by Gasteiger charge is -2.18. The summed E-state index contributed by atoms with van der Waals surface area (Å²) in [5.41, 5.74) is 0. The molecule has 0 fully saturated rings. The molecule has 1 unspecified atom stereocenters. The van der Waals surface area contributed by atoms with Crippen LogP contribution >= 0.6 is 0 Å². The molecule has 6 heteroatoms. The van der Waals surface area contributed by atoms with Gasteiger partial charge in [0.25, 0.3) is 0 Å². The Morgan fingerprint density at radius 1 is 0.323 bits per heavy atom. The lowest BCUT2D eigenvalue weighted by atomic mass is 10.0. The third-order valence-corrected chi connectivity index (χ3v) is 11.4. The molecule has 1 atom stereocenters. The standard InChI is InChI=1S/C59H100O6/c1-4-7-10-13-16-19-22-25-28-30-32-34-37-40-43-46-49-52-58(61)64-55-56(54-63-57(60)51-48-45-42-39-36-33-27-24-21-18-15-12-9-6-3)65-59(62)53-50-47-44-41-38-35-31-29-26-23-20-17-14-11-8-5-2/h8,11,16-17,19-20,25-26,28-29,35,38,44,47,56H,4-7,9-10,12-15,18,21-24,27,30-34,36-37,39-43,45-46,48-55H2,1-3H3/b11-8-,19-16-,20-17-,28-25-,29-26-,38-35-,47-44-. The summed E-state index contributed by atoms with van der Waals surface area (Å²) in [6.45, 7) is 6.44. The Labute approximate surface area is 401 Å². The average Bonchev–Trinajstić information content (AvgIpc) is 3.30. The van der Waals surface area contributed by atoms with Gasteiger partial charge in [-0.3, -0.25) is 14.4 Å². The number of esters is 3. The Balaban J connectivity index is 4.49. The maximum Gasteiger partial charge on any atom is 0.306 e. The first-order chi connectivity index (χ1) is 32.0. The SMILES string of the molecule is CC/C=C\C/C=C\C/C=C\C/C=C\C/C=C\CCC(=O)OC(COC(=O)CCCCCCCCC/C=C\C/C=C\CCCCC)COC(=O)CCCCCCCCCCCCCCCC. The highest BCUT2D eigenvalue weighted by molar-refractivity contribution is 5.71. The largest absolute Gasteiger partial charge is 0.462 e. The van der Waals surface area contributed by atoms with Crippen molar-refractivity contribution >= 4 is 17.9 Å². The van der Waals surface area contributed by atoms with E-state index in [2.05, 4.69) is 93.7 Å². The van der Waals surface area contributed by atoms with E-state index in [-0.39, 0.29) is 31.6 Å². The molecule has 0 aromatic carbocycles. The molecule has 0 rings (SSSR count). The molecule has 0 aromatic rings. The van der Waals surface area contributed by atoms with Crippen LogP contribution in [0.1, 0.15) is 252 Å². The van der Waals surface area contributed by atoms with Crippen LogP contribution in [0.2, 0.25) is 0 Å². The van der Waals surface area contributed by atoms with Crippen molar-refractivity contribution in [1.29, 1.82) is 0 Å². The van der Waals surface area contributed by atoms with Crippen LogP contribution < -0.4 is 0 Å². The van der Waals surface area contributed by atoms with Gasteiger partial charge in [0.15, 0.2) is 6.10 Å². The molecular weight excluding hydrogens is 805 g/mol. The van der Waals surface area contributed by atoms with Gasteiger partial charge >= 0.3 is 17.9 Å². The van der Waals surface area contributed by atoms with E-state index in [1.165, 1.54) is 122 Å². The van der Waals surface area contributed by atoms with Gasteiger partial charge in [-0.05, 0) is 83.5 Å². The zero-order chi connectivity index (χ0) is 47.2. The van der Waals surface area contributed by atoms with Crippen LogP contribution in [0.5, 0.6) is 0 Å². The Morgan fingerprint density at radius 2 is 0.631 bits per heavy atom. The number of allylic oxidation sites excluding steroid dienone is 14. The fraction of sp³-hybridized carbons (Fsp3) is 0.712. The monoisotopic (exact) mass is 905 g/mol. The van der Waals surface area contributed by atoms with Gasteiger partial charge in [0.1, 0.15) is 13.2 Å². The molecule has 372 valence electrons. The zero-order valence-corrected chi connectivity index (χ0v) is 42.5. The Morgan fingerprint density at radius 3 is 1.03 bits per heavy atom. The summed E-state index contributed by atoms with van der Waals surface area (Å²) in [7, 11) is 0. The molecule has 0 aliphatic rings. The molecule has 0 aliphatic heterocycles. The van der Waals surface area contributed by atoms with E-state index in [0.717, 1.165) is 83.5 Å². The van der Waals surface area contributed by atoms with Crippen molar-refractivity contribution in [2.45, 2.75) is 258 Å². The van der Waals surface area contributed by atoms with Crippen LogP contribution in [0.15, 0.2) is 85.1 Å². The maximum atomic E-state index is 12.8. The number of unbranched alkanes of at least 4 members (excludes halogenated alkanes) is 23. The highest BCUT2D eigenvalue weighted by atomic mass is 16.6. The second-order valence-corrected chi connectivity index (χ2v) is 17.8. The van der Waals surface area contributed by atoms with Crippen molar-refractivity contribution in [3.8, 4) is 0 Å². The fourth-order valence-electron chi connectivity index (χ4n) is 7.35. The molecule has 0 aliphatic carbocycles. The van der Waals surface area contributed by atoms with Crippen molar-refractivity contribution < 1.29 is 28.6 Å². The number of carbonyl (C=O) groups excluding carboxylic acids is 3. The number of carbonyl (C=O) groups is 3. The molecule has 0 bridgehead atoms. The van der Waals surface area contributed by atoms with Crippen molar-refractivity contribution in [2.24, 2.45) is 0 Å². The summed E-state index contributed by atoms with van der Waals surface area (Å²) in [6, 6.07) is 0. The lowest BCUT2D eigenvalue weighted by Crippen LogP contribution is -2.30. The summed E-state index contributed by atoms with van der Waals surface area (Å²) in [6.07, 6.45) is 68.6. The van der Waals surface area contributed by atoms with E-state index in [1.54, 1.807) is 0 Å². The van der Waals surface area contributed by atoms with Crippen LogP contribution in [-0.2, 0) is 28.6 Å². The van der Waals surface area contributed by atoms with E-state index < -0.39 is 12.1 Å². The minimum Gasteiger partial charge on any atom is -0.462 e. The fourth-order valence-corrected chi connectivity index (χ4v) is 7.35. The third-order valence-electron chi connectivity index (χ3n) is 11.4. The van der Waals surface area contributed by atoms with Gasteiger partial charge in [0, 0.05) is 19.3 Å². The maximum absolute atomic E-state index is 12.8. The van der Waals surface area contributed by atoms with Crippen molar-refractivity contribution in [3.63, 3.8) is 0 Å². The highest BCUT2D eigenvalue weighted by Gasteiger charge is 2.19. The van der Waals surface area contributed by atoms with Crippen LogP contribution in [-0.4, -0.2) is 37.2 Å². The van der Waals surface area contributed by atoms with Crippen LogP contribution in [0, 0.1) is 0 Å². The molecule has 0 N–H and O–H groups in total. The van der Waals surface area contributed by atoms with E-state index in [0.29, 0.717) is 19.3 Å². The lowest BCUT2D eigenvalue weighted by molar-refractivity contribution is -0.166. The van der Waals surface area contributed by atoms with Crippen molar-refractivity contribution in [1.82, 2.24) is 0 Å². The molecule has 6 nitrogen and oxygen atoms in total. The van der Waals surface area contributed by atoms with Gasteiger partial charge in [0.2, 0.25) is 0 Å². The Bertz CT molecular complexity index is 1270. The molecule has 0 saturated heterocycles. The Hall–Kier alpha value is -3.41. The summed E-state index contributed by atoms with van der Waals surface area (Å²) in [5.74, 6) is -0.996. The summed E-state index contributed by atoms with van der Waals surface area (Å²) < 4.78 is 16.8. The molecule has 0 amide bonds. The first kappa shape index (κ1) is 61.6. The van der Waals surface area contributed by atoms with Gasteiger partial charge in [-0.2, -0.15) is 0 Å². The predicted molar refractivity (Wildman–Crippen MR) is 279 cm³/mol. The first-order valence-corrected chi connectivity index (χ1v) is 27.1. The molecule has 0 aromatic heterocycles. The summed E-state index contributed by atoms with van der Waals surface area (Å²) >= 11 is 0. The van der Waals surface area contributed by atoms with Gasteiger partial charge in [-0.1, -0.05) is 234 Å². The van der Waals surface area contributed by atoms with Crippen LogP contribution in [0.25, 0.3) is 0 Å². The second kappa shape index (κ2) is 53.2. The molecule has 65 heavy (non-hydrogen) atoms. The number of rotatable bonds is 48. The van der Waals surface area contributed by atoms with Gasteiger partial charge in [0.05, 0.1) is 0 Å². The van der Waals surface area contributed by atoms with Gasteiger partial charge < -0.3 is 14.2 Å². The quantitative estimate of drug-likeness (QED) is 0.0262. The topological polar surface area (TPSA) is 78.9 Å². The smallest absolute Gasteiger partial charge is 0.306 e. The van der Waals surface area contributed by atoms with Gasteiger partial charge in [-0.15, -0.1) is 0 Å². The zero-order valence-electron chi connectivity index (χ0n) is 42.5. The van der Waals surface area contributed by atoms with Crippen molar-refractivity contribution in [2.75, 3.05) is 13.2 Å². The van der Waals surface area contributed by atoms with E-state index in [1.807, 2.05) is 12.2 Å². The molecule has 0 saturated carbocycles. The number of hydrogen-bond acceptors (Lipinski definition) is 6. The van der Waals surface area contributed by atoms with E-state index in [4.69, 9.17) is 14.2 Å². The number of hydrogen-bond donors (Lipinski definition) is 0. The predicted octanol–water partition coefficient (Wildman–Crippen LogP) is 18.0. The normalized spacial score (nSPS) is 12.7. The van der Waals surface area contributed by atoms with Crippen LogP contribution in [0.3, 0.4) is 0 Å². The minimum atomic E-state index is -0.818. The third kappa shape index (κ3) is 51.4. The number of ether oxygens (including phenoxy) is 3. The van der Waals surface area contributed by atoms with Gasteiger partial charge in [-0.25, -0.2) is 0 Å².